The van der Waals surface area contributed by atoms with Crippen molar-refractivity contribution < 1.29 is 9.90 Å². The van der Waals surface area contributed by atoms with Gasteiger partial charge >= 0.3 is 5.97 Å². The van der Waals surface area contributed by atoms with E-state index in [0.29, 0.717) is 0 Å². The minimum absolute atomic E-state index is 0.0829. The number of hydrogen-bond donors (Lipinski definition) is 4. The second-order valence-corrected chi connectivity index (χ2v) is 3.22. The van der Waals surface area contributed by atoms with Gasteiger partial charge in [0.05, 0.1) is 6.33 Å². The third-order valence-corrected chi connectivity index (χ3v) is 2.02. The summed E-state index contributed by atoms with van der Waals surface area (Å²) in [4.78, 5) is 34.9. The Morgan fingerprint density at radius 1 is 1.62 bits per heavy atom. The van der Waals surface area contributed by atoms with Gasteiger partial charge in [-0.2, -0.15) is 4.98 Å². The molecule has 84 valence electrons. The number of carbonyl (C=O) groups is 1. The Kier molecular flexibility index (Phi) is 2.31. The Morgan fingerprint density at radius 3 is 3.06 bits per heavy atom. The molecule has 4 N–H and O–H groups in total. The maximum Gasteiger partial charge on any atom is 0.325 e. The molecule has 0 aliphatic carbocycles. The minimum atomic E-state index is -1.04. The van der Waals surface area contributed by atoms with Crippen LogP contribution in [0.15, 0.2) is 11.1 Å². The number of imidazole rings is 1. The Labute approximate surface area is 88.7 Å². The molecular formula is C8H9N5O3. The number of rotatable bonds is 3. The second kappa shape index (κ2) is 3.65. The number of nitrogens with zero attached hydrogens (tertiary/aromatic N) is 2. The normalized spacial score (nSPS) is 12.6. The van der Waals surface area contributed by atoms with Crippen LogP contribution in [0.2, 0.25) is 0 Å². The van der Waals surface area contributed by atoms with Crippen LogP contribution in [0.4, 0.5) is 5.95 Å². The van der Waals surface area contributed by atoms with Gasteiger partial charge in [-0.15, -0.1) is 0 Å². The van der Waals surface area contributed by atoms with Crippen molar-refractivity contribution in [3.05, 3.63) is 16.7 Å². The highest BCUT2D eigenvalue weighted by atomic mass is 16.4. The highest BCUT2D eigenvalue weighted by Gasteiger charge is 2.12. The molecule has 2 rings (SSSR count). The van der Waals surface area contributed by atoms with Crippen LogP contribution in [0, 0.1) is 0 Å². The van der Waals surface area contributed by atoms with Gasteiger partial charge in [0.15, 0.2) is 11.2 Å². The molecule has 0 radical (unpaired) electrons. The van der Waals surface area contributed by atoms with Gasteiger partial charge in [0.25, 0.3) is 5.56 Å². The van der Waals surface area contributed by atoms with Crippen LogP contribution >= 0.6 is 0 Å². The van der Waals surface area contributed by atoms with Gasteiger partial charge in [-0.3, -0.25) is 14.6 Å². The maximum absolute atomic E-state index is 11.5. The number of hydrogen-bond acceptors (Lipinski definition) is 5. The van der Waals surface area contributed by atoms with Crippen molar-refractivity contribution in [2.24, 2.45) is 0 Å². The number of anilines is 1. The predicted molar refractivity (Wildman–Crippen MR) is 55.2 cm³/mol. The van der Waals surface area contributed by atoms with Gasteiger partial charge in [0.2, 0.25) is 5.95 Å². The lowest BCUT2D eigenvalue weighted by Gasteiger charge is -2.08. The van der Waals surface area contributed by atoms with E-state index >= 15 is 0 Å². The number of aromatic amines is 2. The van der Waals surface area contributed by atoms with E-state index < -0.39 is 17.6 Å². The lowest BCUT2D eigenvalue weighted by molar-refractivity contribution is -0.137. The summed E-state index contributed by atoms with van der Waals surface area (Å²) < 4.78 is 0. The van der Waals surface area contributed by atoms with E-state index in [4.69, 9.17) is 5.11 Å². The molecule has 0 saturated heterocycles. The van der Waals surface area contributed by atoms with Crippen molar-refractivity contribution in [2.75, 3.05) is 5.32 Å². The Bertz CT molecular complexity index is 587. The SMILES string of the molecule is CC(Nc1nc2nc[nH]c2c(=O)[nH]1)C(=O)O. The van der Waals surface area contributed by atoms with E-state index in [1.165, 1.54) is 13.3 Å². The monoisotopic (exact) mass is 223 g/mol. The first-order chi connectivity index (χ1) is 7.58. The molecule has 1 atom stereocenters. The summed E-state index contributed by atoms with van der Waals surface area (Å²) in [6.07, 6.45) is 1.34. The zero-order valence-electron chi connectivity index (χ0n) is 8.31. The van der Waals surface area contributed by atoms with Gasteiger partial charge in [0, 0.05) is 0 Å². The number of H-pyrrole nitrogens is 2. The molecule has 8 heteroatoms. The van der Waals surface area contributed by atoms with Crippen LogP contribution in [0.5, 0.6) is 0 Å². The molecule has 8 nitrogen and oxygen atoms in total. The van der Waals surface area contributed by atoms with Crippen LogP contribution in [0.25, 0.3) is 11.2 Å². The first-order valence-electron chi connectivity index (χ1n) is 4.50. The molecule has 0 bridgehead atoms. The van der Waals surface area contributed by atoms with Crippen LogP contribution < -0.4 is 10.9 Å². The number of nitrogens with one attached hydrogen (secondary N) is 3. The quantitative estimate of drug-likeness (QED) is 0.557. The highest BCUT2D eigenvalue weighted by Crippen LogP contribution is 2.03. The summed E-state index contributed by atoms with van der Waals surface area (Å²) in [5.41, 5.74) is 0.0972. The molecule has 0 aliphatic heterocycles. The maximum atomic E-state index is 11.5. The van der Waals surface area contributed by atoms with Gasteiger partial charge in [-0.1, -0.05) is 0 Å². The average molecular weight is 223 g/mol. The molecule has 1 unspecified atom stereocenters. The van der Waals surface area contributed by atoms with E-state index in [0.717, 1.165) is 0 Å². The molecule has 2 aromatic rings. The Hall–Kier alpha value is -2.38. The Balaban J connectivity index is 2.39. The summed E-state index contributed by atoms with van der Waals surface area (Å²) in [6, 6.07) is -0.848. The zero-order chi connectivity index (χ0) is 11.7. The van der Waals surface area contributed by atoms with Crippen LogP contribution in [-0.4, -0.2) is 37.1 Å². The number of carboxylic acid groups (broad SMARTS) is 1. The average Bonchev–Trinajstić information content (AvgIpc) is 2.65. The lowest BCUT2D eigenvalue weighted by atomic mass is 10.3. The fourth-order valence-corrected chi connectivity index (χ4v) is 1.18. The fraction of sp³-hybridized carbons (Fsp3) is 0.250. The predicted octanol–water partition coefficient (Wildman–Crippen LogP) is -0.469. The number of fused-ring (bicyclic) bond motifs is 1. The third-order valence-electron chi connectivity index (χ3n) is 2.02. The molecule has 2 aromatic heterocycles. The van der Waals surface area contributed by atoms with E-state index in [1.807, 2.05) is 0 Å². The molecule has 0 aliphatic rings. The largest absolute Gasteiger partial charge is 0.480 e. The summed E-state index contributed by atoms with van der Waals surface area (Å²) in [5.74, 6) is -0.954. The minimum Gasteiger partial charge on any atom is -0.480 e. The second-order valence-electron chi connectivity index (χ2n) is 3.22. The summed E-state index contributed by atoms with van der Waals surface area (Å²) >= 11 is 0. The third kappa shape index (κ3) is 1.72. The summed E-state index contributed by atoms with van der Waals surface area (Å²) in [6.45, 7) is 1.44. The topological polar surface area (TPSA) is 124 Å². The summed E-state index contributed by atoms with van der Waals surface area (Å²) in [7, 11) is 0. The van der Waals surface area contributed by atoms with Crippen molar-refractivity contribution in [2.45, 2.75) is 13.0 Å². The Morgan fingerprint density at radius 2 is 2.38 bits per heavy atom. The van der Waals surface area contributed by atoms with Crippen LogP contribution in [0.1, 0.15) is 6.92 Å². The van der Waals surface area contributed by atoms with Gasteiger partial charge in [-0.05, 0) is 6.92 Å². The molecule has 0 aromatic carbocycles. The van der Waals surface area contributed by atoms with Crippen molar-refractivity contribution in [1.29, 1.82) is 0 Å². The van der Waals surface area contributed by atoms with Crippen molar-refractivity contribution in [3.8, 4) is 0 Å². The summed E-state index contributed by atoms with van der Waals surface area (Å²) in [5, 5.41) is 11.2. The van der Waals surface area contributed by atoms with Gasteiger partial charge < -0.3 is 15.4 Å². The highest BCUT2D eigenvalue weighted by molar-refractivity contribution is 5.76. The van der Waals surface area contributed by atoms with Gasteiger partial charge in [-0.25, -0.2) is 4.98 Å². The van der Waals surface area contributed by atoms with Crippen molar-refractivity contribution in [1.82, 2.24) is 19.9 Å². The standard InChI is InChI=1S/C8H9N5O3/c1-3(7(15)16)11-8-12-5-4(6(14)13-8)9-2-10-5/h2-3H,1H3,(H,15,16)(H3,9,10,11,12,13,14). The molecule has 0 spiro atoms. The number of carboxylic acids is 1. The first kappa shape index (κ1) is 10.1. The lowest BCUT2D eigenvalue weighted by Crippen LogP contribution is -2.27. The van der Waals surface area contributed by atoms with E-state index in [1.54, 1.807) is 0 Å². The molecule has 2 heterocycles. The molecule has 16 heavy (non-hydrogen) atoms. The smallest absolute Gasteiger partial charge is 0.325 e. The molecule has 0 amide bonds. The van der Waals surface area contributed by atoms with E-state index in [2.05, 4.69) is 25.3 Å². The van der Waals surface area contributed by atoms with Crippen molar-refractivity contribution in [3.63, 3.8) is 0 Å². The zero-order valence-corrected chi connectivity index (χ0v) is 8.31. The van der Waals surface area contributed by atoms with Gasteiger partial charge in [0.1, 0.15) is 6.04 Å². The van der Waals surface area contributed by atoms with Crippen molar-refractivity contribution >= 4 is 23.1 Å². The molecular weight excluding hydrogens is 214 g/mol. The molecule has 0 fully saturated rings. The number of aliphatic carboxylic acids is 1. The van der Waals surface area contributed by atoms with Crippen LogP contribution in [-0.2, 0) is 4.79 Å². The van der Waals surface area contributed by atoms with E-state index in [9.17, 15) is 9.59 Å². The first-order valence-corrected chi connectivity index (χ1v) is 4.50. The van der Waals surface area contributed by atoms with Crippen LogP contribution in [0.3, 0.4) is 0 Å². The number of aromatic nitrogens is 4. The van der Waals surface area contributed by atoms with E-state index in [-0.39, 0.29) is 17.1 Å². The molecule has 0 saturated carbocycles. The fourth-order valence-electron chi connectivity index (χ4n) is 1.18.